The molecule has 0 radical (unpaired) electrons. The van der Waals surface area contributed by atoms with Gasteiger partial charge in [-0.25, -0.2) is 4.57 Å². The maximum absolute atomic E-state index is 12.4. The number of carbonyl (C=O) groups excluding carboxylic acids is 2. The molecule has 0 aliphatic carbocycles. The Morgan fingerprint density at radius 2 is 0.923 bits per heavy atom. The van der Waals surface area contributed by atoms with Crippen molar-refractivity contribution in [2.75, 3.05) is 13.2 Å². The fraction of sp³-hybridized carbons (Fsp3) is 0.674. The molecule has 0 fully saturated rings. The monoisotopic (exact) mass is 749 g/mol. The summed E-state index contributed by atoms with van der Waals surface area (Å²) in [5.74, 6) is -0.938. The molecule has 298 valence electrons. The van der Waals surface area contributed by atoms with E-state index in [1.54, 1.807) is 0 Å². The molecule has 1 atom stereocenters. The van der Waals surface area contributed by atoms with E-state index in [9.17, 15) is 14.2 Å². The number of hydrogen-bond donors (Lipinski definition) is 2. The number of hydrogen-bond acceptors (Lipinski definition) is 6. The third-order valence-electron chi connectivity index (χ3n) is 8.21. The molecule has 0 saturated carbocycles. The van der Waals surface area contributed by atoms with E-state index in [4.69, 9.17) is 19.3 Å². The number of ether oxygens (including phenoxy) is 2. The second-order valence-electron chi connectivity index (χ2n) is 13.2. The van der Waals surface area contributed by atoms with Gasteiger partial charge < -0.3 is 19.3 Å². The van der Waals surface area contributed by atoms with Gasteiger partial charge in [-0.05, 0) is 83.5 Å². The summed E-state index contributed by atoms with van der Waals surface area (Å²) in [6.07, 6.45) is 49.0. The van der Waals surface area contributed by atoms with Gasteiger partial charge in [0.1, 0.15) is 6.61 Å². The zero-order valence-corrected chi connectivity index (χ0v) is 33.6. The number of unbranched alkanes of at least 4 members (excludes halogenated alkanes) is 14. The third kappa shape index (κ3) is 40.3. The zero-order chi connectivity index (χ0) is 38.2. The van der Waals surface area contributed by atoms with Crippen LogP contribution in [-0.2, 0) is 28.2 Å². The van der Waals surface area contributed by atoms with E-state index >= 15 is 0 Å². The van der Waals surface area contributed by atoms with Crippen molar-refractivity contribution in [3.63, 3.8) is 0 Å². The highest BCUT2D eigenvalue weighted by Gasteiger charge is 2.22. The molecule has 0 rings (SSSR count). The first-order valence-electron chi connectivity index (χ1n) is 20.2. The number of carbonyl (C=O) groups is 2. The van der Waals surface area contributed by atoms with Crippen LogP contribution in [0.25, 0.3) is 0 Å². The minimum absolute atomic E-state index is 0.168. The molecule has 52 heavy (non-hydrogen) atoms. The Hall–Kier alpha value is -2.51. The van der Waals surface area contributed by atoms with E-state index in [-0.39, 0.29) is 19.4 Å². The predicted molar refractivity (Wildman–Crippen MR) is 216 cm³/mol. The van der Waals surface area contributed by atoms with Gasteiger partial charge in [-0.1, -0.05) is 145 Å². The van der Waals surface area contributed by atoms with Gasteiger partial charge in [-0.3, -0.25) is 14.1 Å². The molecule has 0 aromatic rings. The Bertz CT molecular complexity index is 1070. The van der Waals surface area contributed by atoms with Crippen molar-refractivity contribution >= 4 is 19.8 Å². The highest BCUT2D eigenvalue weighted by Crippen LogP contribution is 2.36. The molecule has 0 bridgehead atoms. The van der Waals surface area contributed by atoms with Gasteiger partial charge in [0.15, 0.2) is 6.10 Å². The summed E-state index contributed by atoms with van der Waals surface area (Å²) in [5.41, 5.74) is 0. The lowest BCUT2D eigenvalue weighted by atomic mass is 10.1. The van der Waals surface area contributed by atoms with Crippen molar-refractivity contribution in [3.05, 3.63) is 72.9 Å². The molecule has 0 heterocycles. The number of rotatable bonds is 36. The lowest BCUT2D eigenvalue weighted by molar-refractivity contribution is -0.161. The van der Waals surface area contributed by atoms with Crippen molar-refractivity contribution in [1.29, 1.82) is 0 Å². The Labute approximate surface area is 317 Å². The number of allylic oxidation sites excluding steroid dienone is 12. The molecule has 2 N–H and O–H groups in total. The molecule has 0 aromatic heterocycles. The van der Waals surface area contributed by atoms with Crippen LogP contribution in [0.2, 0.25) is 0 Å². The summed E-state index contributed by atoms with van der Waals surface area (Å²) in [5, 5.41) is 0. The average Bonchev–Trinajstić information content (AvgIpc) is 3.11. The molecule has 0 aliphatic heterocycles. The minimum Gasteiger partial charge on any atom is -0.462 e. The summed E-state index contributed by atoms with van der Waals surface area (Å²) in [7, 11) is -4.77. The first-order chi connectivity index (χ1) is 25.3. The smallest absolute Gasteiger partial charge is 0.462 e. The molecule has 1 unspecified atom stereocenters. The normalized spacial score (nSPS) is 13.2. The number of phosphoric acid groups is 1. The van der Waals surface area contributed by atoms with Crippen molar-refractivity contribution in [1.82, 2.24) is 0 Å². The first-order valence-corrected chi connectivity index (χ1v) is 21.8. The summed E-state index contributed by atoms with van der Waals surface area (Å²) < 4.78 is 26.3. The number of phosphoric ester groups is 1. The topological polar surface area (TPSA) is 119 Å². The van der Waals surface area contributed by atoms with E-state index in [1.807, 2.05) is 0 Å². The lowest BCUT2D eigenvalue weighted by Crippen LogP contribution is -2.29. The van der Waals surface area contributed by atoms with Gasteiger partial charge in [-0.15, -0.1) is 0 Å². The molecular weight excluding hydrogens is 675 g/mol. The Morgan fingerprint density at radius 3 is 1.42 bits per heavy atom. The SMILES string of the molecule is CC/C=C\C/C=C\C/C=C\C/C=C\C/C=C\CCCCCC(=O)OC(COC(=O)CCCCCCC/C=C\CCCCCCCC)COP(=O)(O)O. The van der Waals surface area contributed by atoms with Crippen LogP contribution in [0.1, 0.15) is 168 Å². The highest BCUT2D eigenvalue weighted by molar-refractivity contribution is 7.46. The van der Waals surface area contributed by atoms with Crippen LogP contribution in [0, 0.1) is 0 Å². The van der Waals surface area contributed by atoms with Crippen molar-refractivity contribution in [2.24, 2.45) is 0 Å². The molecule has 0 amide bonds. The van der Waals surface area contributed by atoms with Gasteiger partial charge >= 0.3 is 19.8 Å². The van der Waals surface area contributed by atoms with E-state index in [0.29, 0.717) is 12.8 Å². The molecule has 0 aliphatic rings. The van der Waals surface area contributed by atoms with Crippen LogP contribution in [-0.4, -0.2) is 41.0 Å². The molecule has 8 nitrogen and oxygen atoms in total. The van der Waals surface area contributed by atoms with Crippen molar-refractivity contribution < 1.29 is 37.9 Å². The average molecular weight is 749 g/mol. The van der Waals surface area contributed by atoms with Crippen LogP contribution < -0.4 is 0 Å². The summed E-state index contributed by atoms with van der Waals surface area (Å²) in [6, 6.07) is 0. The summed E-state index contributed by atoms with van der Waals surface area (Å²) in [4.78, 5) is 42.8. The maximum atomic E-state index is 12.4. The van der Waals surface area contributed by atoms with E-state index in [2.05, 4.69) is 91.3 Å². The summed E-state index contributed by atoms with van der Waals surface area (Å²) >= 11 is 0. The van der Waals surface area contributed by atoms with E-state index < -0.39 is 32.5 Å². The minimum atomic E-state index is -4.77. The van der Waals surface area contributed by atoms with Crippen LogP contribution in [0.15, 0.2) is 72.9 Å². The van der Waals surface area contributed by atoms with Crippen LogP contribution in [0.4, 0.5) is 0 Å². The predicted octanol–water partition coefficient (Wildman–Crippen LogP) is 12.3. The molecule has 0 spiro atoms. The molecule has 0 aromatic carbocycles. The molecule has 9 heteroatoms. The molecular formula is C43H73O8P. The van der Waals surface area contributed by atoms with Gasteiger partial charge in [0.25, 0.3) is 0 Å². The van der Waals surface area contributed by atoms with Gasteiger partial charge in [0, 0.05) is 12.8 Å². The Morgan fingerprint density at radius 1 is 0.519 bits per heavy atom. The third-order valence-corrected chi connectivity index (χ3v) is 8.69. The van der Waals surface area contributed by atoms with Gasteiger partial charge in [0.2, 0.25) is 0 Å². The standard InChI is InChI=1S/C43H73O8P/c1-3-5-7-9-11-13-15-17-19-20-21-22-24-26-28-30-32-34-36-38-43(45)51-41(40-50-52(46,47)48)39-49-42(44)37-35-33-31-29-27-25-23-18-16-14-12-10-8-6-4-2/h5,7,11,13,17-19,21-23,26,28,41H,3-4,6,8-10,12,14-16,20,24-25,27,29-40H2,1-2H3,(H2,46,47,48)/b7-5-,13-11-,19-17-,22-21-,23-18-,28-26-. The quantitative estimate of drug-likeness (QED) is 0.0281. The van der Waals surface area contributed by atoms with E-state index in [1.165, 1.54) is 44.9 Å². The van der Waals surface area contributed by atoms with Crippen LogP contribution in [0.3, 0.4) is 0 Å². The van der Waals surface area contributed by atoms with E-state index in [0.717, 1.165) is 83.5 Å². The lowest BCUT2D eigenvalue weighted by Gasteiger charge is -2.18. The van der Waals surface area contributed by atoms with Crippen molar-refractivity contribution in [2.45, 2.75) is 174 Å². The summed E-state index contributed by atoms with van der Waals surface area (Å²) in [6.45, 7) is 3.52. The second-order valence-corrected chi connectivity index (χ2v) is 14.5. The van der Waals surface area contributed by atoms with Crippen LogP contribution >= 0.6 is 7.82 Å². The highest BCUT2D eigenvalue weighted by atomic mass is 31.2. The largest absolute Gasteiger partial charge is 0.469 e. The van der Waals surface area contributed by atoms with Crippen molar-refractivity contribution in [3.8, 4) is 0 Å². The maximum Gasteiger partial charge on any atom is 0.469 e. The Balaban J connectivity index is 4.04. The van der Waals surface area contributed by atoms with Gasteiger partial charge in [0.05, 0.1) is 6.61 Å². The Kier molecular flexibility index (Phi) is 36.4. The fourth-order valence-corrected chi connectivity index (χ4v) is 5.58. The fourth-order valence-electron chi connectivity index (χ4n) is 5.22. The molecule has 0 saturated heterocycles. The zero-order valence-electron chi connectivity index (χ0n) is 32.7. The van der Waals surface area contributed by atoms with Gasteiger partial charge in [-0.2, -0.15) is 0 Å². The second kappa shape index (κ2) is 38.2. The van der Waals surface area contributed by atoms with Crippen LogP contribution in [0.5, 0.6) is 0 Å². The number of esters is 2. The first kappa shape index (κ1) is 49.5.